The molecule has 2 aromatic carbocycles. The zero-order valence-electron chi connectivity index (χ0n) is 20.2. The molecule has 1 aliphatic rings. The topological polar surface area (TPSA) is 88.2 Å². The summed E-state index contributed by atoms with van der Waals surface area (Å²) >= 11 is 0. The number of ether oxygens (including phenoxy) is 2. The number of benzene rings is 2. The molecule has 1 N–H and O–H groups in total. The van der Waals surface area contributed by atoms with Gasteiger partial charge in [-0.2, -0.15) is 4.31 Å². The highest BCUT2D eigenvalue weighted by Gasteiger charge is 2.26. The van der Waals surface area contributed by atoms with Gasteiger partial charge in [0.25, 0.3) is 5.91 Å². The maximum atomic E-state index is 12.7. The first kappa shape index (κ1) is 25.8. The minimum atomic E-state index is -3.36. The maximum Gasteiger partial charge on any atom is 0.257 e. The van der Waals surface area contributed by atoms with E-state index in [9.17, 15) is 13.2 Å². The SMILES string of the molecule is COc1ccc(N2CCN(S(=O)(=O)CCCNC(=O)COc3ccc(C(C)C)cc3)CC2)cc1. The minimum Gasteiger partial charge on any atom is -0.497 e. The van der Waals surface area contributed by atoms with Gasteiger partial charge in [-0.15, -0.1) is 0 Å². The Morgan fingerprint density at radius 1 is 0.971 bits per heavy atom. The van der Waals surface area contributed by atoms with Gasteiger partial charge >= 0.3 is 0 Å². The number of nitrogens with zero attached hydrogens (tertiary/aromatic N) is 2. The normalized spacial score (nSPS) is 14.8. The maximum absolute atomic E-state index is 12.7. The minimum absolute atomic E-state index is 0.00728. The lowest BCUT2D eigenvalue weighted by Gasteiger charge is -2.35. The molecule has 2 aromatic rings. The second kappa shape index (κ2) is 12.1. The van der Waals surface area contributed by atoms with Crippen molar-refractivity contribution in [3.8, 4) is 11.5 Å². The number of hydrogen-bond acceptors (Lipinski definition) is 6. The molecule has 9 heteroatoms. The monoisotopic (exact) mass is 489 g/mol. The number of rotatable bonds is 11. The van der Waals surface area contributed by atoms with E-state index in [-0.39, 0.29) is 18.3 Å². The number of carbonyl (C=O) groups is 1. The Kier molecular flexibility index (Phi) is 9.18. The number of anilines is 1. The van der Waals surface area contributed by atoms with Crippen LogP contribution in [0.1, 0.15) is 31.7 Å². The van der Waals surface area contributed by atoms with Crippen LogP contribution in [-0.4, -0.2) is 70.8 Å². The zero-order valence-corrected chi connectivity index (χ0v) is 21.0. The molecule has 1 fully saturated rings. The van der Waals surface area contributed by atoms with Crippen LogP contribution in [-0.2, 0) is 14.8 Å². The van der Waals surface area contributed by atoms with Crippen molar-refractivity contribution in [1.82, 2.24) is 9.62 Å². The predicted molar refractivity (Wildman–Crippen MR) is 134 cm³/mol. The van der Waals surface area contributed by atoms with Crippen molar-refractivity contribution in [1.29, 1.82) is 0 Å². The Balaban J connectivity index is 1.34. The lowest BCUT2D eigenvalue weighted by molar-refractivity contribution is -0.123. The standard InChI is InChI=1S/C25H35N3O5S/c1-20(2)21-5-9-24(10-6-21)33-19-25(29)26-13-4-18-34(30,31)28-16-14-27(15-17-28)22-7-11-23(32-3)12-8-22/h5-12,20H,4,13-19H2,1-3H3,(H,26,29). The van der Waals surface area contributed by atoms with E-state index in [1.165, 1.54) is 5.56 Å². The molecule has 186 valence electrons. The van der Waals surface area contributed by atoms with Crippen LogP contribution in [0.3, 0.4) is 0 Å². The van der Waals surface area contributed by atoms with Gasteiger partial charge in [0.05, 0.1) is 12.9 Å². The summed E-state index contributed by atoms with van der Waals surface area (Å²) in [6.07, 6.45) is 0.357. The second-order valence-corrected chi connectivity index (χ2v) is 10.7. The zero-order chi connectivity index (χ0) is 24.6. The number of methoxy groups -OCH3 is 1. The van der Waals surface area contributed by atoms with Gasteiger partial charge in [0, 0.05) is 38.4 Å². The highest BCUT2D eigenvalue weighted by Crippen LogP contribution is 2.21. The molecule has 1 amide bonds. The van der Waals surface area contributed by atoms with Gasteiger partial charge in [0.1, 0.15) is 11.5 Å². The first-order chi connectivity index (χ1) is 16.3. The largest absolute Gasteiger partial charge is 0.497 e. The highest BCUT2D eigenvalue weighted by atomic mass is 32.2. The van der Waals surface area contributed by atoms with Gasteiger partial charge < -0.3 is 19.7 Å². The fraction of sp³-hybridized carbons (Fsp3) is 0.480. The summed E-state index contributed by atoms with van der Waals surface area (Å²) in [7, 11) is -1.73. The summed E-state index contributed by atoms with van der Waals surface area (Å²) < 4.78 is 37.6. The van der Waals surface area contributed by atoms with Crippen LogP contribution in [0.4, 0.5) is 5.69 Å². The van der Waals surface area contributed by atoms with Crippen LogP contribution in [0.15, 0.2) is 48.5 Å². The van der Waals surface area contributed by atoms with Crippen molar-refractivity contribution in [3.05, 3.63) is 54.1 Å². The van der Waals surface area contributed by atoms with Gasteiger partial charge in [0.2, 0.25) is 10.0 Å². The van der Waals surface area contributed by atoms with Crippen LogP contribution >= 0.6 is 0 Å². The molecule has 34 heavy (non-hydrogen) atoms. The lowest BCUT2D eigenvalue weighted by Crippen LogP contribution is -2.49. The molecule has 1 heterocycles. The molecule has 0 unspecified atom stereocenters. The van der Waals surface area contributed by atoms with E-state index < -0.39 is 10.0 Å². The molecular weight excluding hydrogens is 454 g/mol. The molecule has 0 bridgehead atoms. The van der Waals surface area contributed by atoms with E-state index in [4.69, 9.17) is 9.47 Å². The van der Waals surface area contributed by atoms with Gasteiger partial charge in [-0.05, 0) is 54.3 Å². The Labute approximate surface area is 202 Å². The average molecular weight is 490 g/mol. The third-order valence-electron chi connectivity index (χ3n) is 5.89. The van der Waals surface area contributed by atoms with Crippen molar-refractivity contribution in [3.63, 3.8) is 0 Å². The van der Waals surface area contributed by atoms with E-state index in [0.717, 1.165) is 11.4 Å². The molecule has 0 atom stereocenters. The Morgan fingerprint density at radius 2 is 1.59 bits per heavy atom. The Morgan fingerprint density at radius 3 is 2.18 bits per heavy atom. The molecule has 8 nitrogen and oxygen atoms in total. The van der Waals surface area contributed by atoms with E-state index >= 15 is 0 Å². The molecule has 0 aromatic heterocycles. The van der Waals surface area contributed by atoms with Crippen molar-refractivity contribution in [2.75, 3.05) is 57.1 Å². The number of amides is 1. The summed E-state index contributed by atoms with van der Waals surface area (Å²) in [6, 6.07) is 15.4. The fourth-order valence-corrected chi connectivity index (χ4v) is 5.26. The number of nitrogens with one attached hydrogen (secondary N) is 1. The second-order valence-electron chi connectivity index (χ2n) is 8.62. The number of hydrogen-bond donors (Lipinski definition) is 1. The van der Waals surface area contributed by atoms with Crippen molar-refractivity contribution < 1.29 is 22.7 Å². The van der Waals surface area contributed by atoms with Crippen LogP contribution < -0.4 is 19.7 Å². The average Bonchev–Trinajstić information content (AvgIpc) is 2.86. The molecular formula is C25H35N3O5S. The first-order valence-electron chi connectivity index (χ1n) is 11.6. The van der Waals surface area contributed by atoms with Crippen molar-refractivity contribution >= 4 is 21.6 Å². The van der Waals surface area contributed by atoms with Crippen LogP contribution in [0, 0.1) is 0 Å². The molecule has 0 spiro atoms. The predicted octanol–water partition coefficient (Wildman–Crippen LogP) is 2.86. The molecule has 0 radical (unpaired) electrons. The van der Waals surface area contributed by atoms with E-state index in [0.29, 0.717) is 50.8 Å². The summed E-state index contributed by atoms with van der Waals surface area (Å²) in [5, 5.41) is 2.73. The molecule has 3 rings (SSSR count). The smallest absolute Gasteiger partial charge is 0.257 e. The highest BCUT2D eigenvalue weighted by molar-refractivity contribution is 7.89. The summed E-state index contributed by atoms with van der Waals surface area (Å²) in [4.78, 5) is 14.2. The molecule has 1 saturated heterocycles. The fourth-order valence-electron chi connectivity index (χ4n) is 3.78. The van der Waals surface area contributed by atoms with E-state index in [1.54, 1.807) is 11.4 Å². The van der Waals surface area contributed by atoms with Crippen molar-refractivity contribution in [2.45, 2.75) is 26.2 Å². The molecule has 0 aliphatic carbocycles. The first-order valence-corrected chi connectivity index (χ1v) is 13.3. The molecule has 0 saturated carbocycles. The Hall–Kier alpha value is -2.78. The van der Waals surface area contributed by atoms with Crippen LogP contribution in [0.5, 0.6) is 11.5 Å². The third kappa shape index (κ3) is 7.36. The Bertz CT molecular complexity index is 1020. The number of carbonyl (C=O) groups excluding carboxylic acids is 1. The van der Waals surface area contributed by atoms with Gasteiger partial charge in [-0.1, -0.05) is 26.0 Å². The number of sulfonamides is 1. The number of piperazine rings is 1. The summed E-state index contributed by atoms with van der Waals surface area (Å²) in [6.45, 7) is 6.60. The van der Waals surface area contributed by atoms with Gasteiger partial charge in [0.15, 0.2) is 6.61 Å². The summed E-state index contributed by atoms with van der Waals surface area (Å²) in [5.74, 6) is 1.61. The van der Waals surface area contributed by atoms with E-state index in [1.807, 2.05) is 48.5 Å². The van der Waals surface area contributed by atoms with E-state index in [2.05, 4.69) is 24.1 Å². The van der Waals surface area contributed by atoms with Gasteiger partial charge in [-0.25, -0.2) is 8.42 Å². The quantitative estimate of drug-likeness (QED) is 0.489. The van der Waals surface area contributed by atoms with Crippen LogP contribution in [0.25, 0.3) is 0 Å². The molecule has 1 aliphatic heterocycles. The van der Waals surface area contributed by atoms with Crippen LogP contribution in [0.2, 0.25) is 0 Å². The van der Waals surface area contributed by atoms with Crippen molar-refractivity contribution in [2.24, 2.45) is 0 Å². The lowest BCUT2D eigenvalue weighted by atomic mass is 10.0. The van der Waals surface area contributed by atoms with Gasteiger partial charge in [-0.3, -0.25) is 4.79 Å². The third-order valence-corrected chi connectivity index (χ3v) is 7.84. The summed E-state index contributed by atoms with van der Waals surface area (Å²) in [5.41, 5.74) is 2.26.